The van der Waals surface area contributed by atoms with Gasteiger partial charge >= 0.3 is 0 Å². The zero-order valence-electron chi connectivity index (χ0n) is 8.37. The van der Waals surface area contributed by atoms with E-state index in [2.05, 4.69) is 0 Å². The van der Waals surface area contributed by atoms with Crippen LogP contribution in [0.1, 0.15) is 0 Å². The Kier molecular flexibility index (Phi) is 3.14. The van der Waals surface area contributed by atoms with Crippen LogP contribution in [0, 0.1) is 5.82 Å². The Hall–Kier alpha value is -1.49. The van der Waals surface area contributed by atoms with E-state index >= 15 is 0 Å². The second-order valence-corrected chi connectivity index (χ2v) is 2.73. The van der Waals surface area contributed by atoms with Crippen LogP contribution in [0.5, 0.6) is 5.75 Å². The van der Waals surface area contributed by atoms with Crippen LogP contribution in [0.15, 0.2) is 12.1 Å². The highest BCUT2D eigenvalue weighted by molar-refractivity contribution is 5.62. The fraction of sp³-hybridized carbons (Fsp3) is 0.333. The normalized spacial score (nSPS) is 10.0. The van der Waals surface area contributed by atoms with Crippen molar-refractivity contribution in [1.82, 2.24) is 0 Å². The van der Waals surface area contributed by atoms with Crippen molar-refractivity contribution in [3.63, 3.8) is 0 Å². The first-order valence-corrected chi connectivity index (χ1v) is 4.01. The maximum Gasteiger partial charge on any atom is 0.151 e. The lowest BCUT2D eigenvalue weighted by Crippen LogP contribution is -2.16. The lowest BCUT2D eigenvalue weighted by molar-refractivity contribution is 0.182. The molecule has 0 saturated carbocycles. The van der Waals surface area contributed by atoms with E-state index in [0.717, 1.165) is 0 Å². The maximum absolute atomic E-state index is 13.3. The van der Waals surface area contributed by atoms with Crippen molar-refractivity contribution in [2.45, 2.75) is 0 Å². The van der Waals surface area contributed by atoms with Gasteiger partial charge in [0.05, 0.1) is 19.9 Å². The van der Waals surface area contributed by atoms with E-state index in [9.17, 15) is 4.39 Å². The first-order valence-electron chi connectivity index (χ1n) is 4.01. The molecule has 78 valence electrons. The molecule has 1 aromatic carbocycles. The minimum atomic E-state index is -0.451. The number of hydrogen-bond acceptors (Lipinski definition) is 4. The van der Waals surface area contributed by atoms with Crippen molar-refractivity contribution in [1.29, 1.82) is 0 Å². The monoisotopic (exact) mass is 200 g/mol. The van der Waals surface area contributed by atoms with E-state index in [1.54, 1.807) is 7.05 Å². The zero-order chi connectivity index (χ0) is 10.7. The number of hydroxylamine groups is 1. The summed E-state index contributed by atoms with van der Waals surface area (Å²) in [6, 6.07) is 2.68. The third-order valence-corrected chi connectivity index (χ3v) is 1.91. The van der Waals surface area contributed by atoms with E-state index in [0.29, 0.717) is 5.75 Å². The van der Waals surface area contributed by atoms with Crippen molar-refractivity contribution in [2.75, 3.05) is 32.1 Å². The molecule has 0 saturated heterocycles. The summed E-state index contributed by atoms with van der Waals surface area (Å²) >= 11 is 0. The van der Waals surface area contributed by atoms with Crippen LogP contribution in [0.2, 0.25) is 0 Å². The highest BCUT2D eigenvalue weighted by Crippen LogP contribution is 2.29. The number of nitrogens with two attached hydrogens (primary N) is 1. The molecule has 0 amide bonds. The van der Waals surface area contributed by atoms with Crippen LogP contribution in [0.25, 0.3) is 0 Å². The Morgan fingerprint density at radius 3 is 2.50 bits per heavy atom. The van der Waals surface area contributed by atoms with Crippen LogP contribution in [-0.4, -0.2) is 21.3 Å². The molecular weight excluding hydrogens is 187 g/mol. The van der Waals surface area contributed by atoms with Crippen molar-refractivity contribution in [2.24, 2.45) is 0 Å². The number of nitrogen functional groups attached to an aromatic ring is 1. The lowest BCUT2D eigenvalue weighted by Gasteiger charge is -2.18. The highest BCUT2D eigenvalue weighted by Gasteiger charge is 2.11. The summed E-state index contributed by atoms with van der Waals surface area (Å²) in [5.41, 5.74) is 6.06. The molecular formula is C9H13FN2O2. The van der Waals surface area contributed by atoms with Crippen LogP contribution in [0.4, 0.5) is 15.8 Å². The number of ether oxygens (including phenoxy) is 1. The Balaban J connectivity index is 3.17. The first kappa shape index (κ1) is 10.6. The zero-order valence-corrected chi connectivity index (χ0v) is 8.37. The summed E-state index contributed by atoms with van der Waals surface area (Å²) < 4.78 is 18.3. The Morgan fingerprint density at radius 2 is 2.00 bits per heavy atom. The third kappa shape index (κ3) is 1.88. The summed E-state index contributed by atoms with van der Waals surface area (Å²) in [4.78, 5) is 4.85. The molecule has 14 heavy (non-hydrogen) atoms. The van der Waals surface area contributed by atoms with Gasteiger partial charge in [-0.05, 0) is 0 Å². The van der Waals surface area contributed by atoms with Crippen molar-refractivity contribution < 1.29 is 14.0 Å². The summed E-state index contributed by atoms with van der Waals surface area (Å²) in [5, 5.41) is 1.29. The quantitative estimate of drug-likeness (QED) is 0.592. The molecule has 0 spiro atoms. The molecule has 0 fully saturated rings. The van der Waals surface area contributed by atoms with Crippen molar-refractivity contribution in [3.05, 3.63) is 17.9 Å². The SMILES string of the molecule is COc1cc(N(C)OC)c(F)cc1N. The van der Waals surface area contributed by atoms with Gasteiger partial charge < -0.3 is 10.5 Å². The number of nitrogens with zero attached hydrogens (tertiary/aromatic N) is 1. The van der Waals surface area contributed by atoms with Gasteiger partial charge in [0.15, 0.2) is 5.82 Å². The number of rotatable bonds is 3. The molecule has 0 aliphatic carbocycles. The predicted octanol–water partition coefficient (Wildman–Crippen LogP) is 1.41. The van der Waals surface area contributed by atoms with E-state index in [4.69, 9.17) is 15.3 Å². The molecule has 1 rings (SSSR count). The minimum Gasteiger partial charge on any atom is -0.495 e. The second kappa shape index (κ2) is 4.15. The first-order chi connectivity index (χ1) is 6.60. The Bertz CT molecular complexity index is 331. The number of anilines is 2. The predicted molar refractivity (Wildman–Crippen MR) is 52.8 cm³/mol. The molecule has 0 heterocycles. The fourth-order valence-electron chi connectivity index (χ4n) is 1.07. The minimum absolute atomic E-state index is 0.262. The summed E-state index contributed by atoms with van der Waals surface area (Å²) in [5.74, 6) is -0.0297. The van der Waals surface area contributed by atoms with Gasteiger partial charge in [0.2, 0.25) is 0 Å². The molecule has 4 nitrogen and oxygen atoms in total. The van der Waals surface area contributed by atoms with Crippen LogP contribution < -0.4 is 15.5 Å². The summed E-state index contributed by atoms with van der Waals surface area (Å²) in [6.45, 7) is 0. The van der Waals surface area contributed by atoms with Crippen molar-refractivity contribution >= 4 is 11.4 Å². The number of benzene rings is 1. The third-order valence-electron chi connectivity index (χ3n) is 1.91. The molecule has 5 heteroatoms. The average molecular weight is 200 g/mol. The standard InChI is InChI=1S/C9H13FN2O2/c1-12(14-3)8-5-9(13-2)7(11)4-6(8)10/h4-5H,11H2,1-3H3. The van der Waals surface area contributed by atoms with Crippen LogP contribution >= 0.6 is 0 Å². The molecule has 0 radical (unpaired) electrons. The average Bonchev–Trinajstić information content (AvgIpc) is 2.17. The topological polar surface area (TPSA) is 47.7 Å². The van der Waals surface area contributed by atoms with Gasteiger partial charge in [-0.3, -0.25) is 9.90 Å². The number of halogens is 1. The maximum atomic E-state index is 13.3. The molecule has 2 N–H and O–H groups in total. The van der Waals surface area contributed by atoms with Gasteiger partial charge in [-0.1, -0.05) is 0 Å². The Morgan fingerprint density at radius 1 is 1.36 bits per heavy atom. The van der Waals surface area contributed by atoms with Crippen LogP contribution in [0.3, 0.4) is 0 Å². The van der Waals surface area contributed by atoms with E-state index in [1.165, 1.54) is 31.4 Å². The fourth-order valence-corrected chi connectivity index (χ4v) is 1.07. The van der Waals surface area contributed by atoms with Gasteiger partial charge in [0.1, 0.15) is 11.4 Å². The molecule has 0 aliphatic heterocycles. The Labute approximate surface area is 82.0 Å². The van der Waals surface area contributed by atoms with Gasteiger partial charge in [-0.25, -0.2) is 4.39 Å². The van der Waals surface area contributed by atoms with E-state index in [-0.39, 0.29) is 11.4 Å². The molecule has 0 bridgehead atoms. The lowest BCUT2D eigenvalue weighted by atomic mass is 10.2. The molecule has 0 aliphatic rings. The largest absolute Gasteiger partial charge is 0.495 e. The van der Waals surface area contributed by atoms with Crippen LogP contribution in [-0.2, 0) is 4.84 Å². The number of methoxy groups -OCH3 is 1. The highest BCUT2D eigenvalue weighted by atomic mass is 19.1. The molecule has 0 aromatic heterocycles. The molecule has 1 aromatic rings. The second-order valence-electron chi connectivity index (χ2n) is 2.73. The summed E-state index contributed by atoms with van der Waals surface area (Å²) in [6.07, 6.45) is 0. The number of hydrogen-bond donors (Lipinski definition) is 1. The van der Waals surface area contributed by atoms with Gasteiger partial charge in [-0.15, -0.1) is 0 Å². The van der Waals surface area contributed by atoms with Gasteiger partial charge in [0.25, 0.3) is 0 Å². The molecule has 0 atom stereocenters. The smallest absolute Gasteiger partial charge is 0.151 e. The van der Waals surface area contributed by atoms with E-state index in [1.807, 2.05) is 0 Å². The molecule has 0 unspecified atom stereocenters. The van der Waals surface area contributed by atoms with Gasteiger partial charge in [-0.2, -0.15) is 0 Å². The summed E-state index contributed by atoms with van der Waals surface area (Å²) in [7, 11) is 4.51. The van der Waals surface area contributed by atoms with Crippen molar-refractivity contribution in [3.8, 4) is 5.75 Å². The van der Waals surface area contributed by atoms with E-state index < -0.39 is 5.82 Å². The van der Waals surface area contributed by atoms with Gasteiger partial charge in [0, 0.05) is 19.2 Å².